The predicted molar refractivity (Wildman–Crippen MR) is 86.1 cm³/mol. The summed E-state index contributed by atoms with van der Waals surface area (Å²) in [6.45, 7) is 5.44. The van der Waals surface area contributed by atoms with Crippen LogP contribution in [0.2, 0.25) is 10.2 Å². The van der Waals surface area contributed by atoms with E-state index in [1.807, 2.05) is 0 Å². The summed E-state index contributed by atoms with van der Waals surface area (Å²) in [4.78, 5) is 18.6. The number of amides is 1. The standard InChI is InChI=1S/C15H21Cl2N3O/c1-2-3-6-20-7-4-11(5-8-20)19-15(21)12-9-14(17)18-10-13(12)16/h9-11H,2-8H2,1H3,(H,19,21). The zero-order chi connectivity index (χ0) is 15.2. The van der Waals surface area contributed by atoms with Crippen molar-refractivity contribution in [1.82, 2.24) is 15.2 Å². The van der Waals surface area contributed by atoms with Gasteiger partial charge in [0.2, 0.25) is 0 Å². The second-order valence-electron chi connectivity index (χ2n) is 5.43. The number of halogens is 2. The van der Waals surface area contributed by atoms with E-state index in [9.17, 15) is 4.79 Å². The predicted octanol–water partition coefficient (Wildman–Crippen LogP) is 3.38. The molecule has 1 saturated heterocycles. The van der Waals surface area contributed by atoms with Crippen LogP contribution in [0.1, 0.15) is 43.0 Å². The highest BCUT2D eigenvalue weighted by Crippen LogP contribution is 2.19. The molecule has 1 aromatic rings. The van der Waals surface area contributed by atoms with Crippen LogP contribution in [0.25, 0.3) is 0 Å². The van der Waals surface area contributed by atoms with E-state index in [1.54, 1.807) is 0 Å². The second kappa shape index (κ2) is 7.97. The zero-order valence-electron chi connectivity index (χ0n) is 12.2. The van der Waals surface area contributed by atoms with Gasteiger partial charge in [-0.3, -0.25) is 4.79 Å². The molecule has 0 atom stereocenters. The van der Waals surface area contributed by atoms with Gasteiger partial charge in [-0.25, -0.2) is 4.98 Å². The molecule has 1 aliphatic heterocycles. The monoisotopic (exact) mass is 329 g/mol. The molecule has 1 amide bonds. The summed E-state index contributed by atoms with van der Waals surface area (Å²) in [5, 5.41) is 3.65. The molecule has 1 N–H and O–H groups in total. The number of nitrogens with zero attached hydrogens (tertiary/aromatic N) is 2. The van der Waals surface area contributed by atoms with Crippen molar-refractivity contribution < 1.29 is 4.79 Å². The number of piperidine rings is 1. The van der Waals surface area contributed by atoms with Crippen molar-refractivity contribution in [3.63, 3.8) is 0 Å². The first-order chi connectivity index (χ1) is 10.1. The Hall–Kier alpha value is -0.840. The molecule has 0 spiro atoms. The minimum atomic E-state index is -0.170. The van der Waals surface area contributed by atoms with Crippen LogP contribution in [-0.4, -0.2) is 41.5 Å². The lowest BCUT2D eigenvalue weighted by atomic mass is 10.0. The van der Waals surface area contributed by atoms with Gasteiger partial charge in [0.25, 0.3) is 5.91 Å². The third-order valence-corrected chi connectivity index (χ3v) is 4.33. The van der Waals surface area contributed by atoms with Gasteiger partial charge < -0.3 is 10.2 Å². The van der Waals surface area contributed by atoms with Crippen molar-refractivity contribution in [1.29, 1.82) is 0 Å². The molecule has 21 heavy (non-hydrogen) atoms. The summed E-state index contributed by atoms with van der Waals surface area (Å²) in [5.74, 6) is -0.170. The normalized spacial score (nSPS) is 16.9. The summed E-state index contributed by atoms with van der Waals surface area (Å²) in [7, 11) is 0. The Morgan fingerprint density at radius 2 is 2.14 bits per heavy atom. The Balaban J connectivity index is 1.85. The van der Waals surface area contributed by atoms with E-state index in [2.05, 4.69) is 22.1 Å². The minimum absolute atomic E-state index is 0.170. The number of likely N-dealkylation sites (tertiary alicyclic amines) is 1. The largest absolute Gasteiger partial charge is 0.349 e. The van der Waals surface area contributed by atoms with Gasteiger partial charge in [0.05, 0.1) is 10.6 Å². The van der Waals surface area contributed by atoms with Gasteiger partial charge >= 0.3 is 0 Å². The fraction of sp³-hybridized carbons (Fsp3) is 0.600. The Morgan fingerprint density at radius 3 is 2.81 bits per heavy atom. The van der Waals surface area contributed by atoms with Crippen LogP contribution in [0.15, 0.2) is 12.3 Å². The Bertz CT molecular complexity index is 488. The van der Waals surface area contributed by atoms with Gasteiger partial charge in [-0.05, 0) is 31.9 Å². The summed E-state index contributed by atoms with van der Waals surface area (Å²) in [5.41, 5.74) is 0.394. The maximum atomic E-state index is 12.2. The van der Waals surface area contributed by atoms with Gasteiger partial charge in [0.15, 0.2) is 0 Å². The number of nitrogens with one attached hydrogen (secondary N) is 1. The Kier molecular flexibility index (Phi) is 6.27. The minimum Gasteiger partial charge on any atom is -0.349 e. The van der Waals surface area contributed by atoms with E-state index in [0.717, 1.165) is 32.5 Å². The highest BCUT2D eigenvalue weighted by Gasteiger charge is 2.21. The Labute approximate surface area is 135 Å². The number of carbonyl (C=O) groups excluding carboxylic acids is 1. The number of carbonyl (C=O) groups is 1. The van der Waals surface area contributed by atoms with E-state index < -0.39 is 0 Å². The lowest BCUT2D eigenvalue weighted by molar-refractivity contribution is 0.0911. The highest BCUT2D eigenvalue weighted by atomic mass is 35.5. The topological polar surface area (TPSA) is 45.2 Å². The second-order valence-corrected chi connectivity index (χ2v) is 6.22. The van der Waals surface area contributed by atoms with Gasteiger partial charge in [-0.1, -0.05) is 36.5 Å². The average molecular weight is 330 g/mol. The SMILES string of the molecule is CCCCN1CCC(NC(=O)c2cc(Cl)ncc2Cl)CC1. The molecule has 6 heteroatoms. The van der Waals surface area contributed by atoms with Crippen molar-refractivity contribution in [3.8, 4) is 0 Å². The smallest absolute Gasteiger partial charge is 0.253 e. The fourth-order valence-electron chi connectivity index (χ4n) is 2.53. The van der Waals surface area contributed by atoms with Crippen LogP contribution in [0, 0.1) is 0 Å². The zero-order valence-corrected chi connectivity index (χ0v) is 13.8. The van der Waals surface area contributed by atoms with Gasteiger partial charge in [0.1, 0.15) is 5.15 Å². The van der Waals surface area contributed by atoms with Crippen molar-refractivity contribution in [2.75, 3.05) is 19.6 Å². The van der Waals surface area contributed by atoms with E-state index in [0.29, 0.717) is 10.6 Å². The van der Waals surface area contributed by atoms with Crippen LogP contribution in [0.5, 0.6) is 0 Å². The molecule has 0 aromatic carbocycles. The molecule has 0 saturated carbocycles. The molecule has 0 bridgehead atoms. The van der Waals surface area contributed by atoms with E-state index in [1.165, 1.54) is 25.1 Å². The van der Waals surface area contributed by atoms with E-state index in [-0.39, 0.29) is 17.1 Å². The van der Waals surface area contributed by atoms with Gasteiger partial charge in [-0.2, -0.15) is 0 Å². The first kappa shape index (κ1) is 16.5. The third-order valence-electron chi connectivity index (χ3n) is 3.82. The van der Waals surface area contributed by atoms with Gasteiger partial charge in [-0.15, -0.1) is 0 Å². The molecule has 0 aliphatic carbocycles. The number of hydrogen-bond donors (Lipinski definition) is 1. The maximum Gasteiger partial charge on any atom is 0.253 e. The average Bonchev–Trinajstić information content (AvgIpc) is 2.49. The summed E-state index contributed by atoms with van der Waals surface area (Å²) < 4.78 is 0. The van der Waals surface area contributed by atoms with Crippen LogP contribution in [0.4, 0.5) is 0 Å². The Morgan fingerprint density at radius 1 is 1.43 bits per heavy atom. The molecule has 4 nitrogen and oxygen atoms in total. The lowest BCUT2D eigenvalue weighted by Gasteiger charge is -2.32. The molecule has 2 heterocycles. The number of aromatic nitrogens is 1. The fourth-order valence-corrected chi connectivity index (χ4v) is 2.88. The van der Waals surface area contributed by atoms with Gasteiger partial charge in [0, 0.05) is 25.3 Å². The number of hydrogen-bond acceptors (Lipinski definition) is 3. The van der Waals surface area contributed by atoms with Crippen molar-refractivity contribution >= 4 is 29.1 Å². The number of unbranched alkanes of at least 4 members (excludes halogenated alkanes) is 1. The maximum absolute atomic E-state index is 12.2. The molecule has 2 rings (SSSR count). The highest BCUT2D eigenvalue weighted by molar-refractivity contribution is 6.35. The molecular weight excluding hydrogens is 309 g/mol. The van der Waals surface area contributed by atoms with Crippen LogP contribution in [0.3, 0.4) is 0 Å². The molecule has 1 aromatic heterocycles. The molecule has 1 fully saturated rings. The van der Waals surface area contributed by atoms with Crippen molar-refractivity contribution in [3.05, 3.63) is 28.0 Å². The van der Waals surface area contributed by atoms with Crippen molar-refractivity contribution in [2.45, 2.75) is 38.6 Å². The molecule has 0 unspecified atom stereocenters. The first-order valence-corrected chi connectivity index (χ1v) is 8.20. The quantitative estimate of drug-likeness (QED) is 0.842. The number of rotatable bonds is 5. The lowest BCUT2D eigenvalue weighted by Crippen LogP contribution is -2.44. The molecule has 116 valence electrons. The molecular formula is C15H21Cl2N3O. The number of pyridine rings is 1. The van der Waals surface area contributed by atoms with E-state index in [4.69, 9.17) is 23.2 Å². The molecule has 1 aliphatic rings. The van der Waals surface area contributed by atoms with Crippen LogP contribution >= 0.6 is 23.2 Å². The first-order valence-electron chi connectivity index (χ1n) is 7.44. The molecule has 0 radical (unpaired) electrons. The third kappa shape index (κ3) is 4.83. The van der Waals surface area contributed by atoms with Crippen LogP contribution < -0.4 is 5.32 Å². The van der Waals surface area contributed by atoms with Crippen molar-refractivity contribution in [2.24, 2.45) is 0 Å². The summed E-state index contributed by atoms with van der Waals surface area (Å²) in [6.07, 6.45) is 5.82. The summed E-state index contributed by atoms with van der Waals surface area (Å²) in [6, 6.07) is 1.72. The van der Waals surface area contributed by atoms with E-state index >= 15 is 0 Å². The summed E-state index contributed by atoms with van der Waals surface area (Å²) >= 11 is 11.8. The van der Waals surface area contributed by atoms with Crippen LogP contribution in [-0.2, 0) is 0 Å².